The van der Waals surface area contributed by atoms with Crippen LogP contribution in [0, 0.1) is 23.7 Å². The zero-order valence-corrected chi connectivity index (χ0v) is 18.6. The summed E-state index contributed by atoms with van der Waals surface area (Å²) < 4.78 is 9.95. The van der Waals surface area contributed by atoms with Crippen molar-refractivity contribution >= 4 is 24.3 Å². The molecule has 0 aliphatic heterocycles. The minimum atomic E-state index is 0.264. The van der Waals surface area contributed by atoms with Crippen molar-refractivity contribution in [2.24, 2.45) is 0 Å². The Morgan fingerprint density at radius 3 is 2.06 bits per heavy atom. The van der Waals surface area contributed by atoms with Crippen molar-refractivity contribution in [1.82, 2.24) is 15.0 Å². The first-order valence-corrected chi connectivity index (χ1v) is 10.7. The van der Waals surface area contributed by atoms with Crippen LogP contribution < -0.4 is 9.47 Å². The van der Waals surface area contributed by atoms with Crippen LogP contribution in [0.25, 0.3) is 22.8 Å². The summed E-state index contributed by atoms with van der Waals surface area (Å²) in [7, 11) is 0. The highest BCUT2D eigenvalue weighted by Crippen LogP contribution is 2.28. The van der Waals surface area contributed by atoms with Gasteiger partial charge in [0.2, 0.25) is 0 Å². The van der Waals surface area contributed by atoms with E-state index in [0.717, 1.165) is 15.3 Å². The molecule has 7 nitrogen and oxygen atoms in total. The summed E-state index contributed by atoms with van der Waals surface area (Å²) in [5.74, 6) is 12.7. The van der Waals surface area contributed by atoms with Crippen LogP contribution in [0.3, 0.4) is 0 Å². The molecule has 0 aromatic carbocycles. The smallest absolute Gasteiger partial charge is 0.298 e. The monoisotopic (exact) mass is 465 g/mol. The zero-order chi connectivity index (χ0) is 23.8. The Morgan fingerprint density at radius 1 is 0.735 bits per heavy atom. The number of ether oxygens (including phenoxy) is 2. The van der Waals surface area contributed by atoms with Gasteiger partial charge in [-0.05, 0) is 37.3 Å². The summed E-state index contributed by atoms with van der Waals surface area (Å²) in [6.07, 6.45) is 3.12. The first-order valence-electron chi connectivity index (χ1n) is 9.88. The van der Waals surface area contributed by atoms with Gasteiger partial charge in [-0.3, -0.25) is 19.6 Å². The quantitative estimate of drug-likeness (QED) is 0.313. The van der Waals surface area contributed by atoms with E-state index < -0.39 is 0 Å². The summed E-state index contributed by atoms with van der Waals surface area (Å²) in [6.45, 7) is 2.45. The lowest BCUT2D eigenvalue weighted by atomic mass is 10.1. The van der Waals surface area contributed by atoms with Gasteiger partial charge in [0.15, 0.2) is 0 Å². The van der Waals surface area contributed by atoms with Crippen LogP contribution in [0.15, 0.2) is 60.9 Å². The average Bonchev–Trinajstić information content (AvgIpc) is 3.31. The molecule has 8 heteroatoms. The topological polar surface area (TPSA) is 91.3 Å². The summed E-state index contributed by atoms with van der Waals surface area (Å²) in [5.41, 5.74) is 2.57. The van der Waals surface area contributed by atoms with Gasteiger partial charge >= 0.3 is 0 Å². The first-order chi connectivity index (χ1) is 16.7. The Bertz CT molecular complexity index is 1490. The van der Waals surface area contributed by atoms with E-state index in [4.69, 9.17) is 9.47 Å². The molecule has 0 radical (unpaired) electrons. The lowest BCUT2D eigenvalue weighted by Crippen LogP contribution is -1.97. The predicted molar refractivity (Wildman–Crippen MR) is 127 cm³/mol. The molecule has 0 bridgehead atoms. The number of hydrogen-bond donors (Lipinski definition) is 0. The van der Waals surface area contributed by atoms with E-state index in [1.54, 1.807) is 49.5 Å². The van der Waals surface area contributed by atoms with E-state index in [1.165, 1.54) is 17.5 Å². The van der Waals surface area contributed by atoms with Gasteiger partial charge in [0, 0.05) is 36.2 Å². The fraction of sp³-hybridized carbons (Fsp3) is 0.0385. The molecule has 0 fully saturated rings. The third-order valence-corrected chi connectivity index (χ3v) is 5.28. The molecule has 4 aromatic rings. The summed E-state index contributed by atoms with van der Waals surface area (Å²) in [4.78, 5) is 36.8. The van der Waals surface area contributed by atoms with Crippen LogP contribution in [0.2, 0.25) is 0 Å². The second kappa shape index (κ2) is 10.7. The normalized spacial score (nSPS) is 9.68. The number of thiophene rings is 1. The maximum Gasteiger partial charge on any atom is 0.298 e. The molecule has 0 aliphatic carbocycles. The first kappa shape index (κ1) is 22.4. The zero-order valence-electron chi connectivity index (χ0n) is 17.8. The highest BCUT2D eigenvalue weighted by Gasteiger charge is 2.11. The highest BCUT2D eigenvalue weighted by atomic mass is 32.1. The minimum absolute atomic E-state index is 0.264. The molecule has 0 saturated carbocycles. The van der Waals surface area contributed by atoms with Gasteiger partial charge in [0.1, 0.15) is 11.5 Å². The standard InChI is InChI=1S/C26H15N3O4S/c1-2-3-21-6-7-22(34-21)5-4-18-8-10-27-23(12-18)25-14-20(33-17-31)15-26(29-25)24-13-19(32-16-30)9-11-28-24/h6-17H,1H3. The summed E-state index contributed by atoms with van der Waals surface area (Å²) in [6, 6.07) is 13.7. The van der Waals surface area contributed by atoms with E-state index in [1.807, 2.05) is 12.1 Å². The number of pyridine rings is 3. The van der Waals surface area contributed by atoms with Crippen LogP contribution in [-0.4, -0.2) is 27.9 Å². The number of nitrogens with zero attached hydrogens (tertiary/aromatic N) is 3. The average molecular weight is 465 g/mol. The van der Waals surface area contributed by atoms with Gasteiger partial charge in [-0.1, -0.05) is 17.8 Å². The molecular weight excluding hydrogens is 450 g/mol. The number of carbonyl (C=O) groups is 2. The van der Waals surface area contributed by atoms with Crippen molar-refractivity contribution in [3.05, 3.63) is 76.2 Å². The Balaban J connectivity index is 1.70. The maximum absolute atomic E-state index is 11.0. The number of rotatable bonds is 6. The van der Waals surface area contributed by atoms with E-state index in [2.05, 4.69) is 38.6 Å². The number of aromatic nitrogens is 3. The van der Waals surface area contributed by atoms with Crippen molar-refractivity contribution in [2.75, 3.05) is 0 Å². The summed E-state index contributed by atoms with van der Waals surface area (Å²) >= 11 is 1.53. The summed E-state index contributed by atoms with van der Waals surface area (Å²) in [5, 5.41) is 0. The largest absolute Gasteiger partial charge is 0.429 e. The molecule has 0 saturated heterocycles. The van der Waals surface area contributed by atoms with Crippen LogP contribution >= 0.6 is 11.3 Å². The second-order valence-electron chi connectivity index (χ2n) is 6.60. The maximum atomic E-state index is 11.0. The molecule has 0 unspecified atom stereocenters. The van der Waals surface area contributed by atoms with Crippen molar-refractivity contribution < 1.29 is 19.1 Å². The fourth-order valence-electron chi connectivity index (χ4n) is 2.95. The van der Waals surface area contributed by atoms with Crippen molar-refractivity contribution in [3.8, 4) is 58.0 Å². The molecule has 0 atom stereocenters. The van der Waals surface area contributed by atoms with Crippen molar-refractivity contribution in [3.63, 3.8) is 0 Å². The predicted octanol–water partition coefficient (Wildman–Crippen LogP) is 4.11. The molecule has 164 valence electrons. The van der Waals surface area contributed by atoms with E-state index in [0.29, 0.717) is 41.5 Å². The van der Waals surface area contributed by atoms with Crippen LogP contribution in [-0.2, 0) is 9.59 Å². The Morgan fingerprint density at radius 2 is 1.35 bits per heavy atom. The Labute approximate surface area is 199 Å². The van der Waals surface area contributed by atoms with Crippen molar-refractivity contribution in [1.29, 1.82) is 0 Å². The SMILES string of the molecule is CC#Cc1ccc(C#Cc2ccnc(-c3cc(OC=O)cc(-c4cc(OC=O)ccn4)n3)c2)s1. The molecule has 0 amide bonds. The number of hydrogen-bond acceptors (Lipinski definition) is 8. The molecule has 0 aliphatic rings. The Kier molecular flexibility index (Phi) is 7.04. The lowest BCUT2D eigenvalue weighted by molar-refractivity contribution is -0.121. The second-order valence-corrected chi connectivity index (χ2v) is 7.68. The molecule has 34 heavy (non-hydrogen) atoms. The molecule has 0 N–H and O–H groups in total. The van der Waals surface area contributed by atoms with E-state index >= 15 is 0 Å². The third-order valence-electron chi connectivity index (χ3n) is 4.37. The highest BCUT2D eigenvalue weighted by molar-refractivity contribution is 7.13. The van der Waals surface area contributed by atoms with Gasteiger partial charge in [-0.15, -0.1) is 17.3 Å². The van der Waals surface area contributed by atoms with Gasteiger partial charge in [0.25, 0.3) is 12.9 Å². The molecule has 4 aromatic heterocycles. The van der Waals surface area contributed by atoms with E-state index in [9.17, 15) is 9.59 Å². The third kappa shape index (κ3) is 5.52. The number of carbonyl (C=O) groups excluding carboxylic acids is 2. The lowest BCUT2D eigenvalue weighted by Gasteiger charge is -2.08. The van der Waals surface area contributed by atoms with Gasteiger partial charge in [-0.25, -0.2) is 4.98 Å². The molecule has 0 spiro atoms. The van der Waals surface area contributed by atoms with E-state index in [-0.39, 0.29) is 5.75 Å². The Hall–Kier alpha value is -4.79. The van der Waals surface area contributed by atoms with Crippen LogP contribution in [0.5, 0.6) is 11.5 Å². The van der Waals surface area contributed by atoms with Gasteiger partial charge < -0.3 is 9.47 Å². The molecular formula is C26H15N3O4S. The van der Waals surface area contributed by atoms with Crippen molar-refractivity contribution in [2.45, 2.75) is 6.92 Å². The van der Waals surface area contributed by atoms with Gasteiger partial charge in [0.05, 0.1) is 32.5 Å². The molecule has 4 rings (SSSR count). The minimum Gasteiger partial charge on any atom is -0.429 e. The van der Waals surface area contributed by atoms with Gasteiger partial charge in [-0.2, -0.15) is 0 Å². The van der Waals surface area contributed by atoms with Crippen LogP contribution in [0.1, 0.15) is 22.2 Å². The van der Waals surface area contributed by atoms with Crippen LogP contribution in [0.4, 0.5) is 0 Å². The fourth-order valence-corrected chi connectivity index (χ4v) is 3.71. The molecule has 4 heterocycles.